The summed E-state index contributed by atoms with van der Waals surface area (Å²) < 4.78 is 0.983. The highest BCUT2D eigenvalue weighted by Gasteiger charge is 2.07. The zero-order valence-electron chi connectivity index (χ0n) is 8.10. The molecule has 1 aromatic carbocycles. The molecule has 2 nitrogen and oxygen atoms in total. The maximum absolute atomic E-state index is 6.12. The van der Waals surface area contributed by atoms with Crippen molar-refractivity contribution >= 4 is 22.6 Å². The van der Waals surface area contributed by atoms with E-state index in [1.165, 1.54) is 0 Å². The predicted octanol–water partition coefficient (Wildman–Crippen LogP) is 2.73. The monoisotopic (exact) mass is 310 g/mol. The summed E-state index contributed by atoms with van der Waals surface area (Å²) in [5.41, 5.74) is 8.28. The van der Waals surface area contributed by atoms with E-state index in [-0.39, 0.29) is 6.04 Å². The van der Waals surface area contributed by atoms with Gasteiger partial charge in [0.2, 0.25) is 0 Å². The molecule has 0 bridgehead atoms. The molecule has 76 valence electrons. The molecule has 2 rings (SSSR count). The molecular formula is C12H11IN2. The van der Waals surface area contributed by atoms with E-state index in [4.69, 9.17) is 5.73 Å². The van der Waals surface area contributed by atoms with E-state index in [0.29, 0.717) is 0 Å². The molecule has 2 aromatic rings. The Morgan fingerprint density at radius 1 is 1.00 bits per heavy atom. The van der Waals surface area contributed by atoms with Crippen LogP contribution in [-0.4, -0.2) is 4.98 Å². The van der Waals surface area contributed by atoms with Crippen LogP contribution in [0.2, 0.25) is 0 Å². The molecule has 0 spiro atoms. The lowest BCUT2D eigenvalue weighted by atomic mass is 10.0. The second kappa shape index (κ2) is 4.72. The summed E-state index contributed by atoms with van der Waals surface area (Å²) in [6, 6.07) is 13.9. The molecule has 3 heteroatoms. The third-order valence-electron chi connectivity index (χ3n) is 2.27. The van der Waals surface area contributed by atoms with Crippen molar-refractivity contribution in [2.75, 3.05) is 0 Å². The summed E-state index contributed by atoms with van der Waals surface area (Å²) in [5, 5.41) is 0. The van der Waals surface area contributed by atoms with Crippen LogP contribution in [0.5, 0.6) is 0 Å². The summed E-state index contributed by atoms with van der Waals surface area (Å²) in [6.45, 7) is 0. The molecule has 15 heavy (non-hydrogen) atoms. The number of nitrogens with zero attached hydrogens (tertiary/aromatic N) is 1. The van der Waals surface area contributed by atoms with Crippen molar-refractivity contribution in [1.82, 2.24) is 4.98 Å². The Bertz CT molecular complexity index is 425. The molecule has 1 atom stereocenters. The van der Waals surface area contributed by atoms with Crippen LogP contribution in [0.3, 0.4) is 0 Å². The highest BCUT2D eigenvalue weighted by molar-refractivity contribution is 14.1. The predicted molar refractivity (Wildman–Crippen MR) is 69.4 cm³/mol. The third kappa shape index (κ3) is 2.54. The highest BCUT2D eigenvalue weighted by Crippen LogP contribution is 2.18. The van der Waals surface area contributed by atoms with Crippen molar-refractivity contribution < 1.29 is 0 Å². The summed E-state index contributed by atoms with van der Waals surface area (Å²) >= 11 is 2.18. The van der Waals surface area contributed by atoms with Gasteiger partial charge in [-0.05, 0) is 39.8 Å². The van der Waals surface area contributed by atoms with Crippen molar-refractivity contribution in [2.24, 2.45) is 5.73 Å². The molecule has 1 heterocycles. The number of hydrogen-bond acceptors (Lipinski definition) is 2. The molecule has 0 saturated carbocycles. The van der Waals surface area contributed by atoms with Gasteiger partial charge in [0.05, 0.1) is 6.04 Å². The van der Waals surface area contributed by atoms with Gasteiger partial charge < -0.3 is 5.73 Å². The first kappa shape index (κ1) is 10.6. The molecule has 0 aliphatic carbocycles. The number of halogens is 1. The number of benzene rings is 1. The van der Waals surface area contributed by atoms with Crippen molar-refractivity contribution in [3.8, 4) is 0 Å². The highest BCUT2D eigenvalue weighted by atomic mass is 127. The number of nitrogens with two attached hydrogens (primary N) is 1. The van der Waals surface area contributed by atoms with Crippen LogP contribution in [0.1, 0.15) is 17.2 Å². The maximum Gasteiger partial charge on any atom is 0.101 e. The molecule has 0 unspecified atom stereocenters. The first-order valence-electron chi connectivity index (χ1n) is 4.69. The standard InChI is InChI=1S/C12H11IN2/c13-11-7-6-10(8-15-11)12(14)9-4-2-1-3-5-9/h1-8,12H,14H2/t12-/m0/s1. The van der Waals surface area contributed by atoms with Gasteiger partial charge in [0.15, 0.2) is 0 Å². The Kier molecular flexibility index (Phi) is 3.33. The van der Waals surface area contributed by atoms with Crippen LogP contribution in [-0.2, 0) is 0 Å². The zero-order chi connectivity index (χ0) is 10.7. The molecule has 0 amide bonds. The second-order valence-electron chi connectivity index (χ2n) is 3.30. The molecule has 0 radical (unpaired) electrons. The van der Waals surface area contributed by atoms with Gasteiger partial charge >= 0.3 is 0 Å². The molecule has 0 saturated heterocycles. The smallest absolute Gasteiger partial charge is 0.101 e. The average Bonchev–Trinajstić information content (AvgIpc) is 2.30. The van der Waals surface area contributed by atoms with E-state index < -0.39 is 0 Å². The Morgan fingerprint density at radius 2 is 1.73 bits per heavy atom. The Morgan fingerprint density at radius 3 is 2.33 bits per heavy atom. The van der Waals surface area contributed by atoms with Gasteiger partial charge in [-0.1, -0.05) is 36.4 Å². The van der Waals surface area contributed by atoms with E-state index in [9.17, 15) is 0 Å². The van der Waals surface area contributed by atoms with E-state index in [0.717, 1.165) is 14.8 Å². The lowest BCUT2D eigenvalue weighted by Gasteiger charge is -2.11. The van der Waals surface area contributed by atoms with Crippen LogP contribution in [0.4, 0.5) is 0 Å². The Balaban J connectivity index is 2.29. The number of pyridine rings is 1. The van der Waals surface area contributed by atoms with Crippen LogP contribution in [0.25, 0.3) is 0 Å². The van der Waals surface area contributed by atoms with Gasteiger partial charge in [0.25, 0.3) is 0 Å². The molecule has 0 aliphatic rings. The fraction of sp³-hybridized carbons (Fsp3) is 0.0833. The molecule has 0 aliphatic heterocycles. The summed E-state index contributed by atoms with van der Waals surface area (Å²) in [6.07, 6.45) is 1.83. The van der Waals surface area contributed by atoms with E-state index in [2.05, 4.69) is 27.6 Å². The van der Waals surface area contributed by atoms with Gasteiger partial charge in [-0.3, -0.25) is 0 Å². The van der Waals surface area contributed by atoms with E-state index >= 15 is 0 Å². The summed E-state index contributed by atoms with van der Waals surface area (Å²) in [4.78, 5) is 4.23. The van der Waals surface area contributed by atoms with Gasteiger partial charge in [-0.2, -0.15) is 0 Å². The Labute approximate surface area is 103 Å². The summed E-state index contributed by atoms with van der Waals surface area (Å²) in [5.74, 6) is 0. The van der Waals surface area contributed by atoms with Crippen molar-refractivity contribution in [2.45, 2.75) is 6.04 Å². The van der Waals surface area contributed by atoms with Crippen molar-refractivity contribution in [3.63, 3.8) is 0 Å². The quantitative estimate of drug-likeness (QED) is 0.684. The molecule has 2 N–H and O–H groups in total. The maximum atomic E-state index is 6.12. The van der Waals surface area contributed by atoms with Crippen LogP contribution >= 0.6 is 22.6 Å². The van der Waals surface area contributed by atoms with Gasteiger partial charge in [0, 0.05) is 6.20 Å². The minimum atomic E-state index is -0.0873. The Hall–Kier alpha value is -0.940. The first-order valence-corrected chi connectivity index (χ1v) is 5.77. The van der Waals surface area contributed by atoms with E-state index in [1.807, 2.05) is 48.7 Å². The van der Waals surface area contributed by atoms with Crippen LogP contribution < -0.4 is 5.73 Å². The van der Waals surface area contributed by atoms with Crippen LogP contribution in [0, 0.1) is 3.70 Å². The minimum absolute atomic E-state index is 0.0873. The number of rotatable bonds is 2. The van der Waals surface area contributed by atoms with Crippen molar-refractivity contribution in [1.29, 1.82) is 0 Å². The normalized spacial score (nSPS) is 12.4. The molecular weight excluding hydrogens is 299 g/mol. The molecule has 1 aromatic heterocycles. The van der Waals surface area contributed by atoms with Gasteiger partial charge in [-0.15, -0.1) is 0 Å². The third-order valence-corrected chi connectivity index (χ3v) is 2.91. The van der Waals surface area contributed by atoms with Crippen molar-refractivity contribution in [3.05, 3.63) is 63.5 Å². The fourth-order valence-corrected chi connectivity index (χ4v) is 1.74. The lowest BCUT2D eigenvalue weighted by molar-refractivity contribution is 0.861. The minimum Gasteiger partial charge on any atom is -0.320 e. The van der Waals surface area contributed by atoms with E-state index in [1.54, 1.807) is 0 Å². The van der Waals surface area contributed by atoms with Gasteiger partial charge in [-0.25, -0.2) is 4.98 Å². The summed E-state index contributed by atoms with van der Waals surface area (Å²) in [7, 11) is 0. The molecule has 0 fully saturated rings. The lowest BCUT2D eigenvalue weighted by Crippen LogP contribution is -2.11. The fourth-order valence-electron chi connectivity index (χ4n) is 1.42. The van der Waals surface area contributed by atoms with Crippen LogP contribution in [0.15, 0.2) is 48.7 Å². The average molecular weight is 310 g/mol. The SMILES string of the molecule is N[C@@H](c1ccccc1)c1ccc(I)nc1. The second-order valence-corrected chi connectivity index (χ2v) is 4.41. The topological polar surface area (TPSA) is 38.9 Å². The first-order chi connectivity index (χ1) is 7.27. The van der Waals surface area contributed by atoms with Gasteiger partial charge in [0.1, 0.15) is 3.70 Å². The zero-order valence-corrected chi connectivity index (χ0v) is 10.3. The number of hydrogen-bond donors (Lipinski definition) is 1. The number of aromatic nitrogens is 1. The largest absolute Gasteiger partial charge is 0.320 e.